The highest BCUT2D eigenvalue weighted by molar-refractivity contribution is 9.10. The van der Waals surface area contributed by atoms with Crippen LogP contribution in [0, 0.1) is 5.82 Å². The van der Waals surface area contributed by atoms with E-state index in [1.165, 1.54) is 17.0 Å². The number of ketones is 1. The average molecular weight is 357 g/mol. The summed E-state index contributed by atoms with van der Waals surface area (Å²) >= 11 is 3.03. The summed E-state index contributed by atoms with van der Waals surface area (Å²) < 4.78 is 19.5. The van der Waals surface area contributed by atoms with Crippen LogP contribution in [0.4, 0.5) is 10.1 Å². The Morgan fingerprint density at radius 3 is 2.90 bits per heavy atom. The molecule has 0 N–H and O–H groups in total. The molecule has 2 heterocycles. The lowest BCUT2D eigenvalue weighted by Gasteiger charge is -2.32. The van der Waals surface area contributed by atoms with Crippen molar-refractivity contribution >= 4 is 33.3 Å². The van der Waals surface area contributed by atoms with Gasteiger partial charge < -0.3 is 14.5 Å². The molecule has 0 bridgehead atoms. The molecule has 0 spiro atoms. The number of rotatable bonds is 2. The van der Waals surface area contributed by atoms with Crippen LogP contribution in [-0.4, -0.2) is 56.0 Å². The van der Waals surface area contributed by atoms with Gasteiger partial charge in [-0.3, -0.25) is 9.59 Å². The number of carbonyl (C=O) groups excluding carboxylic acids is 2. The topological polar surface area (TPSA) is 49.9 Å². The van der Waals surface area contributed by atoms with Crippen molar-refractivity contribution in [3.63, 3.8) is 0 Å². The molecule has 2 aliphatic heterocycles. The smallest absolute Gasteiger partial charge is 0.299 e. The van der Waals surface area contributed by atoms with Crippen LogP contribution in [-0.2, 0) is 9.53 Å². The summed E-state index contributed by atoms with van der Waals surface area (Å²) in [6.45, 7) is 2.34. The van der Waals surface area contributed by atoms with Gasteiger partial charge in [-0.05, 0) is 35.1 Å². The van der Waals surface area contributed by atoms with E-state index in [1.54, 1.807) is 0 Å². The van der Waals surface area contributed by atoms with Crippen LogP contribution in [0.5, 0.6) is 0 Å². The number of amides is 1. The van der Waals surface area contributed by atoms with Crippen molar-refractivity contribution in [3.05, 3.63) is 28.0 Å². The van der Waals surface area contributed by atoms with E-state index in [1.807, 2.05) is 7.05 Å². The van der Waals surface area contributed by atoms with E-state index in [0.717, 1.165) is 6.54 Å². The molecule has 1 saturated heterocycles. The normalized spacial score (nSPS) is 22.8. The van der Waals surface area contributed by atoms with E-state index < -0.39 is 17.5 Å². The fourth-order valence-electron chi connectivity index (χ4n) is 2.65. The number of nitrogens with zero attached hydrogens (tertiary/aromatic N) is 2. The number of anilines is 1. The molecular weight excluding hydrogens is 343 g/mol. The molecule has 112 valence electrons. The third-order valence-corrected chi connectivity index (χ3v) is 4.35. The maximum absolute atomic E-state index is 13.7. The van der Waals surface area contributed by atoms with Crippen LogP contribution in [0.2, 0.25) is 0 Å². The van der Waals surface area contributed by atoms with E-state index in [2.05, 4.69) is 20.8 Å². The molecule has 1 fully saturated rings. The summed E-state index contributed by atoms with van der Waals surface area (Å²) in [7, 11) is 1.97. The first-order valence-electron chi connectivity index (χ1n) is 6.62. The van der Waals surface area contributed by atoms with Crippen molar-refractivity contribution in [3.8, 4) is 0 Å². The van der Waals surface area contributed by atoms with Crippen LogP contribution in [0.15, 0.2) is 16.6 Å². The molecule has 1 amide bonds. The molecular formula is C14H14BrFN2O3. The van der Waals surface area contributed by atoms with Crippen LogP contribution in [0.3, 0.4) is 0 Å². The largest absolute Gasteiger partial charge is 0.374 e. The Morgan fingerprint density at radius 1 is 1.43 bits per heavy atom. The summed E-state index contributed by atoms with van der Waals surface area (Å²) in [6, 6.07) is 2.58. The quantitative estimate of drug-likeness (QED) is 0.752. The first-order valence-corrected chi connectivity index (χ1v) is 7.42. The van der Waals surface area contributed by atoms with Gasteiger partial charge in [0.05, 0.1) is 35.0 Å². The van der Waals surface area contributed by atoms with Crippen molar-refractivity contribution in [2.24, 2.45) is 0 Å². The minimum Gasteiger partial charge on any atom is -0.374 e. The van der Waals surface area contributed by atoms with Crippen molar-refractivity contribution in [2.45, 2.75) is 6.10 Å². The lowest BCUT2D eigenvalue weighted by Crippen LogP contribution is -2.47. The van der Waals surface area contributed by atoms with Crippen molar-refractivity contribution < 1.29 is 18.7 Å². The van der Waals surface area contributed by atoms with E-state index in [9.17, 15) is 14.0 Å². The number of fused-ring (bicyclic) bond motifs is 1. The van der Waals surface area contributed by atoms with E-state index in [4.69, 9.17) is 4.74 Å². The zero-order valence-electron chi connectivity index (χ0n) is 11.4. The van der Waals surface area contributed by atoms with Crippen LogP contribution in [0.1, 0.15) is 10.4 Å². The van der Waals surface area contributed by atoms with Crippen molar-refractivity contribution in [1.29, 1.82) is 0 Å². The molecule has 0 radical (unpaired) electrons. The first-order chi connectivity index (χ1) is 9.97. The zero-order chi connectivity index (χ0) is 15.1. The fraction of sp³-hybridized carbons (Fsp3) is 0.429. The number of benzene rings is 1. The lowest BCUT2D eigenvalue weighted by atomic mass is 10.1. The summed E-state index contributed by atoms with van der Waals surface area (Å²) in [5.74, 6) is -1.72. The molecule has 3 rings (SSSR count). The molecule has 0 aliphatic carbocycles. The molecule has 1 aromatic carbocycles. The van der Waals surface area contributed by atoms with Crippen LogP contribution in [0.25, 0.3) is 0 Å². The molecule has 0 aromatic heterocycles. The maximum atomic E-state index is 13.7. The zero-order valence-corrected chi connectivity index (χ0v) is 13.0. The van der Waals surface area contributed by atoms with Crippen LogP contribution < -0.4 is 4.90 Å². The highest BCUT2D eigenvalue weighted by atomic mass is 79.9. The summed E-state index contributed by atoms with van der Waals surface area (Å²) in [6.07, 6.45) is -0.182. The van der Waals surface area contributed by atoms with Gasteiger partial charge in [0.15, 0.2) is 0 Å². The van der Waals surface area contributed by atoms with Gasteiger partial charge in [0.1, 0.15) is 5.82 Å². The standard InChI is InChI=1S/C14H14BrFN2O3/c1-17-2-3-21-8(6-17)7-18-12-5-11(16)10(15)4-9(12)13(19)14(18)20/h4-5,8H,2-3,6-7H2,1H3. The van der Waals surface area contributed by atoms with Gasteiger partial charge in [0.2, 0.25) is 0 Å². The number of hydrogen-bond acceptors (Lipinski definition) is 4. The summed E-state index contributed by atoms with van der Waals surface area (Å²) in [5.41, 5.74) is 0.556. The summed E-state index contributed by atoms with van der Waals surface area (Å²) in [5, 5.41) is 0. The Bertz CT molecular complexity index is 622. The Hall–Kier alpha value is -1.31. The second-order valence-electron chi connectivity index (χ2n) is 5.28. The average Bonchev–Trinajstić information content (AvgIpc) is 2.65. The Labute approximate surface area is 129 Å². The lowest BCUT2D eigenvalue weighted by molar-refractivity contribution is -0.115. The number of ether oxygens (including phenoxy) is 1. The first kappa shape index (κ1) is 14.6. The Morgan fingerprint density at radius 2 is 2.19 bits per heavy atom. The summed E-state index contributed by atoms with van der Waals surface area (Å²) in [4.78, 5) is 27.5. The van der Waals surface area contributed by atoms with Gasteiger partial charge in [0.25, 0.3) is 11.7 Å². The minimum absolute atomic E-state index is 0.179. The van der Waals surface area contributed by atoms with Gasteiger partial charge in [-0.15, -0.1) is 0 Å². The van der Waals surface area contributed by atoms with Gasteiger partial charge in [-0.25, -0.2) is 4.39 Å². The highest BCUT2D eigenvalue weighted by Gasteiger charge is 2.38. The third-order valence-electron chi connectivity index (χ3n) is 3.74. The predicted molar refractivity (Wildman–Crippen MR) is 78.0 cm³/mol. The number of carbonyl (C=O) groups is 2. The molecule has 21 heavy (non-hydrogen) atoms. The molecule has 1 atom stereocenters. The van der Waals surface area contributed by atoms with Crippen molar-refractivity contribution in [1.82, 2.24) is 4.90 Å². The van der Waals surface area contributed by atoms with Gasteiger partial charge in [-0.1, -0.05) is 0 Å². The molecule has 1 aromatic rings. The highest BCUT2D eigenvalue weighted by Crippen LogP contribution is 2.33. The van der Waals surface area contributed by atoms with E-state index in [0.29, 0.717) is 18.8 Å². The van der Waals surface area contributed by atoms with E-state index in [-0.39, 0.29) is 22.7 Å². The SMILES string of the molecule is CN1CCOC(CN2C(=O)C(=O)c3cc(Br)c(F)cc32)C1. The second-order valence-corrected chi connectivity index (χ2v) is 6.14. The number of halogens is 2. The second kappa shape index (κ2) is 5.47. The predicted octanol–water partition coefficient (Wildman–Crippen LogP) is 1.45. The monoisotopic (exact) mass is 356 g/mol. The number of morpholine rings is 1. The maximum Gasteiger partial charge on any atom is 0.299 e. The molecule has 7 heteroatoms. The number of hydrogen-bond donors (Lipinski definition) is 0. The van der Waals surface area contributed by atoms with Crippen molar-refractivity contribution in [2.75, 3.05) is 38.2 Å². The Balaban J connectivity index is 1.88. The molecule has 5 nitrogen and oxygen atoms in total. The molecule has 2 aliphatic rings. The van der Waals surface area contributed by atoms with Gasteiger partial charge in [-0.2, -0.15) is 0 Å². The minimum atomic E-state index is -0.626. The fourth-order valence-corrected chi connectivity index (χ4v) is 2.99. The number of likely N-dealkylation sites (N-methyl/N-ethyl adjacent to an activating group) is 1. The molecule has 1 unspecified atom stereocenters. The van der Waals surface area contributed by atoms with Gasteiger partial charge in [0, 0.05) is 13.1 Å². The third kappa shape index (κ3) is 2.61. The van der Waals surface area contributed by atoms with E-state index >= 15 is 0 Å². The molecule has 0 saturated carbocycles. The number of Topliss-reactive ketones (excluding diaryl/α,β-unsaturated/α-hetero) is 1. The van der Waals surface area contributed by atoms with Crippen LogP contribution >= 0.6 is 15.9 Å². The van der Waals surface area contributed by atoms with Gasteiger partial charge >= 0.3 is 0 Å². The Kier molecular flexibility index (Phi) is 3.81.